The first-order valence-corrected chi connectivity index (χ1v) is 8.21. The fourth-order valence-corrected chi connectivity index (χ4v) is 3.80. The molecule has 2 aliphatic heterocycles. The third kappa shape index (κ3) is 2.98. The van der Waals surface area contributed by atoms with Gasteiger partial charge in [0.05, 0.1) is 17.9 Å². The van der Waals surface area contributed by atoms with Crippen molar-refractivity contribution in [2.75, 3.05) is 5.32 Å². The predicted molar refractivity (Wildman–Crippen MR) is 83.7 cm³/mol. The monoisotopic (exact) mass is 384 g/mol. The van der Waals surface area contributed by atoms with Crippen LogP contribution >= 0.6 is 0 Å². The Morgan fingerprint density at radius 3 is 2.74 bits per heavy atom. The highest BCUT2D eigenvalue weighted by atomic mass is 19.4. The fraction of sp³-hybridized carbons (Fsp3) is 0.353. The van der Waals surface area contributed by atoms with E-state index in [4.69, 9.17) is 0 Å². The smallest absolute Gasteiger partial charge is 0.314 e. The number of halogens is 5. The number of fused-ring (bicyclic) bond motifs is 4. The second-order valence-corrected chi connectivity index (χ2v) is 6.51. The Labute approximate surface area is 150 Å². The molecule has 2 aromatic heterocycles. The van der Waals surface area contributed by atoms with Crippen LogP contribution in [0.2, 0.25) is 0 Å². The molecule has 27 heavy (non-hydrogen) atoms. The zero-order valence-electron chi connectivity index (χ0n) is 13.7. The summed E-state index contributed by atoms with van der Waals surface area (Å²) in [6, 6.07) is 0.594. The molecule has 2 atom stereocenters. The zero-order chi connectivity index (χ0) is 19.3. The van der Waals surface area contributed by atoms with Crippen molar-refractivity contribution in [3.63, 3.8) is 0 Å². The largest absolute Gasteiger partial charge is 0.433 e. The van der Waals surface area contributed by atoms with Gasteiger partial charge >= 0.3 is 12.2 Å². The maximum atomic E-state index is 13.9. The lowest BCUT2D eigenvalue weighted by atomic mass is 9.95. The van der Waals surface area contributed by atoms with Gasteiger partial charge in [-0.2, -0.15) is 17.6 Å². The molecule has 0 spiro atoms. The molecule has 142 valence electrons. The van der Waals surface area contributed by atoms with Gasteiger partial charge in [0.2, 0.25) is 5.95 Å². The van der Waals surface area contributed by atoms with E-state index in [-0.39, 0.29) is 12.5 Å². The first kappa shape index (κ1) is 17.6. The summed E-state index contributed by atoms with van der Waals surface area (Å²) in [4.78, 5) is 20.7. The predicted octanol–water partition coefficient (Wildman–Crippen LogP) is 4.07. The molecular weight excluding hydrogens is 371 g/mol. The molecule has 2 aliphatic rings. The molecule has 0 aliphatic carbocycles. The summed E-state index contributed by atoms with van der Waals surface area (Å²) in [6.07, 6.45) is -1.59. The van der Waals surface area contributed by atoms with Gasteiger partial charge in [-0.3, -0.25) is 0 Å². The molecule has 2 unspecified atom stereocenters. The van der Waals surface area contributed by atoms with Crippen molar-refractivity contribution in [2.24, 2.45) is 0 Å². The zero-order valence-corrected chi connectivity index (χ0v) is 13.7. The van der Waals surface area contributed by atoms with E-state index >= 15 is 0 Å². The van der Waals surface area contributed by atoms with Crippen molar-refractivity contribution in [1.29, 1.82) is 0 Å². The molecule has 1 fully saturated rings. The van der Waals surface area contributed by atoms with E-state index in [0.717, 1.165) is 0 Å². The van der Waals surface area contributed by atoms with Gasteiger partial charge in [0, 0.05) is 17.8 Å². The number of aromatic nitrogens is 2. The van der Waals surface area contributed by atoms with Gasteiger partial charge in [-0.25, -0.2) is 19.2 Å². The van der Waals surface area contributed by atoms with E-state index in [2.05, 4.69) is 15.3 Å². The van der Waals surface area contributed by atoms with Crippen LogP contribution in [0, 0.1) is 11.8 Å². The molecule has 5 nitrogen and oxygen atoms in total. The average Bonchev–Trinajstić information content (AvgIpc) is 2.92. The minimum atomic E-state index is -4.76. The molecule has 2 amide bonds. The molecule has 2 bridgehead atoms. The third-order valence-electron chi connectivity index (χ3n) is 4.96. The SMILES string of the molecule is O=C(Nc1cc(C(F)(F)F)ncc1F)N1C2CCC1c1ccnc(F)c1C2. The molecule has 1 N–H and O–H groups in total. The van der Waals surface area contributed by atoms with Crippen molar-refractivity contribution >= 4 is 11.7 Å². The van der Waals surface area contributed by atoms with Crippen molar-refractivity contribution < 1.29 is 26.7 Å². The van der Waals surface area contributed by atoms with E-state index in [1.54, 1.807) is 6.07 Å². The van der Waals surface area contributed by atoms with Crippen molar-refractivity contribution in [3.05, 3.63) is 53.1 Å². The Bertz CT molecular complexity index is 917. The first-order valence-electron chi connectivity index (χ1n) is 8.21. The summed E-state index contributed by atoms with van der Waals surface area (Å²) < 4.78 is 66.1. The minimum Gasteiger partial charge on any atom is -0.314 e. The Balaban J connectivity index is 1.62. The number of amides is 2. The van der Waals surface area contributed by atoms with Crippen LogP contribution in [0.5, 0.6) is 0 Å². The molecule has 0 radical (unpaired) electrons. The van der Waals surface area contributed by atoms with E-state index in [1.807, 2.05) is 0 Å². The van der Waals surface area contributed by atoms with Gasteiger partial charge < -0.3 is 10.2 Å². The van der Waals surface area contributed by atoms with E-state index in [1.165, 1.54) is 11.1 Å². The first-order chi connectivity index (χ1) is 12.8. The normalized spacial score (nSPS) is 21.1. The Morgan fingerprint density at radius 1 is 1.22 bits per heavy atom. The average molecular weight is 384 g/mol. The summed E-state index contributed by atoms with van der Waals surface area (Å²) in [6.45, 7) is 0. The van der Waals surface area contributed by atoms with Gasteiger partial charge in [0.25, 0.3) is 0 Å². The highest BCUT2D eigenvalue weighted by Crippen LogP contribution is 2.44. The standard InChI is InChI=1S/C17H13F5N4O/c18-11-7-24-14(17(20,21)22)6-12(11)25-16(27)26-8-1-2-13(26)9-3-4-23-15(19)10(9)5-8/h3-4,6-8,13H,1-2,5H2,(H,24,25,27). The molecule has 1 saturated heterocycles. The Morgan fingerprint density at radius 2 is 2.00 bits per heavy atom. The molecule has 4 rings (SSSR count). The number of urea groups is 1. The second-order valence-electron chi connectivity index (χ2n) is 6.51. The third-order valence-corrected chi connectivity index (χ3v) is 4.96. The minimum absolute atomic E-state index is 0.256. The quantitative estimate of drug-likeness (QED) is 0.596. The topological polar surface area (TPSA) is 58.1 Å². The number of carbonyl (C=O) groups excluding carboxylic acids is 1. The van der Waals surface area contributed by atoms with Gasteiger partial charge in [-0.05, 0) is 37.0 Å². The Hall–Kier alpha value is -2.78. The number of alkyl halides is 3. The number of hydrogen-bond acceptors (Lipinski definition) is 3. The fourth-order valence-electron chi connectivity index (χ4n) is 3.80. The molecule has 2 aromatic rings. The maximum Gasteiger partial charge on any atom is 0.433 e. The van der Waals surface area contributed by atoms with Crippen LogP contribution in [0.3, 0.4) is 0 Å². The van der Waals surface area contributed by atoms with E-state index < -0.39 is 41.4 Å². The van der Waals surface area contributed by atoms with Crippen molar-refractivity contribution in [3.8, 4) is 0 Å². The van der Waals surface area contributed by atoms with Crippen molar-refractivity contribution in [1.82, 2.24) is 14.9 Å². The highest BCUT2D eigenvalue weighted by molar-refractivity contribution is 5.90. The molecule has 0 saturated carbocycles. The summed E-state index contributed by atoms with van der Waals surface area (Å²) in [5.41, 5.74) is -0.839. The number of nitrogens with zero attached hydrogens (tertiary/aromatic N) is 3. The number of hydrogen-bond donors (Lipinski definition) is 1. The second kappa shape index (κ2) is 6.14. The van der Waals surface area contributed by atoms with Crippen LogP contribution in [-0.4, -0.2) is 26.9 Å². The summed E-state index contributed by atoms with van der Waals surface area (Å²) >= 11 is 0. The summed E-state index contributed by atoms with van der Waals surface area (Å²) in [7, 11) is 0. The molecule has 0 aromatic carbocycles. The number of pyridine rings is 2. The van der Waals surface area contributed by atoms with E-state index in [9.17, 15) is 26.7 Å². The van der Waals surface area contributed by atoms with Crippen LogP contribution in [0.4, 0.5) is 32.4 Å². The van der Waals surface area contributed by atoms with Crippen LogP contribution in [-0.2, 0) is 12.6 Å². The number of nitrogens with one attached hydrogen (secondary N) is 1. The van der Waals surface area contributed by atoms with E-state index in [0.29, 0.717) is 36.2 Å². The van der Waals surface area contributed by atoms with Crippen LogP contribution in [0.1, 0.15) is 35.7 Å². The van der Waals surface area contributed by atoms with Crippen molar-refractivity contribution in [2.45, 2.75) is 37.5 Å². The molecule has 4 heterocycles. The van der Waals surface area contributed by atoms with Crippen LogP contribution in [0.15, 0.2) is 24.5 Å². The van der Waals surface area contributed by atoms with Gasteiger partial charge in [-0.15, -0.1) is 0 Å². The highest BCUT2D eigenvalue weighted by Gasteiger charge is 2.44. The summed E-state index contributed by atoms with van der Waals surface area (Å²) in [5, 5.41) is 2.20. The van der Waals surface area contributed by atoms with Crippen LogP contribution < -0.4 is 5.32 Å². The number of anilines is 1. The summed E-state index contributed by atoms with van der Waals surface area (Å²) in [5.74, 6) is -1.66. The lowest BCUT2D eigenvalue weighted by Crippen LogP contribution is -2.44. The molecular formula is C17H13F5N4O. The number of rotatable bonds is 1. The Kier molecular flexibility index (Phi) is 4.01. The van der Waals surface area contributed by atoms with Gasteiger partial charge in [0.15, 0.2) is 5.82 Å². The van der Waals surface area contributed by atoms with Crippen LogP contribution in [0.25, 0.3) is 0 Å². The number of carbonyl (C=O) groups is 1. The van der Waals surface area contributed by atoms with Gasteiger partial charge in [-0.1, -0.05) is 0 Å². The molecule has 10 heteroatoms. The maximum absolute atomic E-state index is 13.9. The lowest BCUT2D eigenvalue weighted by Gasteiger charge is -2.36. The van der Waals surface area contributed by atoms with Gasteiger partial charge in [0.1, 0.15) is 5.69 Å². The lowest BCUT2D eigenvalue weighted by molar-refractivity contribution is -0.141.